The Hall–Kier alpha value is -0.650. The number of hydrogen-bond acceptors (Lipinski definition) is 5. The lowest BCUT2D eigenvalue weighted by Crippen LogP contribution is -2.33. The summed E-state index contributed by atoms with van der Waals surface area (Å²) in [5.74, 6) is 0. The molecule has 1 rings (SSSR count). The minimum Gasteiger partial charge on any atom is -0.383 e. The predicted octanol–water partition coefficient (Wildman–Crippen LogP) is 2.59. The number of rotatable bonds is 7. The summed E-state index contributed by atoms with van der Waals surface area (Å²) in [7, 11) is 3.72. The minimum atomic E-state index is 0.354. The topological polar surface area (TPSA) is 37.4 Å². The molecule has 0 aliphatic carbocycles. The first-order chi connectivity index (χ1) is 8.51. The number of methoxy groups -OCH3 is 1. The molecule has 18 heavy (non-hydrogen) atoms. The summed E-state index contributed by atoms with van der Waals surface area (Å²) in [4.78, 5) is 8.32. The molecule has 0 aliphatic rings. The van der Waals surface area contributed by atoms with Gasteiger partial charge in [-0.3, -0.25) is 0 Å². The highest BCUT2D eigenvalue weighted by Gasteiger charge is 2.18. The number of ether oxygens (including phenoxy) is 1. The Morgan fingerprint density at radius 1 is 1.39 bits per heavy atom. The van der Waals surface area contributed by atoms with E-state index in [1.54, 1.807) is 18.4 Å². The summed E-state index contributed by atoms with van der Waals surface area (Å²) in [5, 5.41) is 4.37. The van der Waals surface area contributed by atoms with Crippen LogP contribution in [0.25, 0.3) is 0 Å². The molecule has 0 aromatic carbocycles. The lowest BCUT2D eigenvalue weighted by atomic mass is 10.2. The van der Waals surface area contributed by atoms with Crippen LogP contribution in [-0.2, 0) is 4.74 Å². The molecule has 1 aromatic heterocycles. The van der Waals surface area contributed by atoms with Gasteiger partial charge in [0.15, 0.2) is 5.13 Å². The van der Waals surface area contributed by atoms with Crippen molar-refractivity contribution in [3.63, 3.8) is 0 Å². The van der Waals surface area contributed by atoms with Crippen molar-refractivity contribution in [3.05, 3.63) is 10.6 Å². The van der Waals surface area contributed by atoms with Crippen LogP contribution in [0.1, 0.15) is 37.4 Å². The maximum atomic E-state index is 5.17. The highest BCUT2D eigenvalue weighted by molar-refractivity contribution is 7.15. The summed E-state index contributed by atoms with van der Waals surface area (Å²) >= 11 is 1.78. The fraction of sp³-hybridized carbons (Fsp3) is 0.769. The zero-order chi connectivity index (χ0) is 13.7. The molecule has 5 heteroatoms. The molecule has 1 heterocycles. The Morgan fingerprint density at radius 2 is 2.06 bits per heavy atom. The second kappa shape index (κ2) is 7.07. The second-order valence-corrected chi connectivity index (χ2v) is 5.75. The zero-order valence-electron chi connectivity index (χ0n) is 12.3. The van der Waals surface area contributed by atoms with Crippen LogP contribution >= 0.6 is 11.3 Å². The molecule has 1 atom stereocenters. The fourth-order valence-electron chi connectivity index (χ4n) is 1.81. The molecule has 4 nitrogen and oxygen atoms in total. The van der Waals surface area contributed by atoms with Gasteiger partial charge in [-0.15, -0.1) is 11.3 Å². The smallest absolute Gasteiger partial charge is 0.186 e. The standard InChI is InChI=1S/C13H25N3OS/c1-9(2)16(7-8-17-6)13-15-11(4)12(18-13)10(3)14-5/h9-10,14H,7-8H2,1-6H3. The van der Waals surface area contributed by atoms with Gasteiger partial charge < -0.3 is 15.0 Å². The Kier molecular flexibility index (Phi) is 6.05. The molecule has 1 unspecified atom stereocenters. The van der Waals surface area contributed by atoms with Gasteiger partial charge in [0, 0.05) is 30.6 Å². The summed E-state index contributed by atoms with van der Waals surface area (Å²) < 4.78 is 5.17. The van der Waals surface area contributed by atoms with E-state index in [1.165, 1.54) is 4.88 Å². The van der Waals surface area contributed by atoms with Gasteiger partial charge in [0.2, 0.25) is 0 Å². The Bertz CT molecular complexity index is 365. The molecule has 0 aliphatic heterocycles. The van der Waals surface area contributed by atoms with Crippen LogP contribution in [0.4, 0.5) is 5.13 Å². The van der Waals surface area contributed by atoms with E-state index in [4.69, 9.17) is 9.72 Å². The van der Waals surface area contributed by atoms with E-state index >= 15 is 0 Å². The van der Waals surface area contributed by atoms with E-state index < -0.39 is 0 Å². The van der Waals surface area contributed by atoms with E-state index in [2.05, 4.69) is 37.9 Å². The average Bonchev–Trinajstić information content (AvgIpc) is 2.70. The van der Waals surface area contributed by atoms with Crippen molar-refractivity contribution in [2.75, 3.05) is 32.2 Å². The van der Waals surface area contributed by atoms with Crippen LogP contribution < -0.4 is 10.2 Å². The molecular weight excluding hydrogens is 246 g/mol. The van der Waals surface area contributed by atoms with Gasteiger partial charge in [0.25, 0.3) is 0 Å². The quantitative estimate of drug-likeness (QED) is 0.827. The van der Waals surface area contributed by atoms with E-state index in [9.17, 15) is 0 Å². The van der Waals surface area contributed by atoms with Gasteiger partial charge in [0.05, 0.1) is 12.3 Å². The molecule has 0 saturated carbocycles. The Balaban J connectivity index is 2.92. The highest BCUT2D eigenvalue weighted by Crippen LogP contribution is 2.31. The van der Waals surface area contributed by atoms with E-state index in [-0.39, 0.29) is 0 Å². The van der Waals surface area contributed by atoms with Crippen LogP contribution in [0.3, 0.4) is 0 Å². The molecule has 1 aromatic rings. The Morgan fingerprint density at radius 3 is 2.56 bits per heavy atom. The van der Waals surface area contributed by atoms with E-state index in [0.717, 1.165) is 24.0 Å². The second-order valence-electron chi connectivity index (χ2n) is 4.74. The predicted molar refractivity (Wildman–Crippen MR) is 78.7 cm³/mol. The Labute approximate surface area is 114 Å². The van der Waals surface area contributed by atoms with Gasteiger partial charge in [-0.1, -0.05) is 0 Å². The largest absolute Gasteiger partial charge is 0.383 e. The number of anilines is 1. The normalized spacial score (nSPS) is 13.1. The van der Waals surface area contributed by atoms with Crippen LogP contribution in [0.2, 0.25) is 0 Å². The lowest BCUT2D eigenvalue weighted by molar-refractivity contribution is 0.204. The summed E-state index contributed by atoms with van der Waals surface area (Å²) in [6, 6.07) is 0.788. The van der Waals surface area contributed by atoms with E-state index in [1.807, 2.05) is 7.05 Å². The van der Waals surface area contributed by atoms with Crippen molar-refractivity contribution < 1.29 is 4.74 Å². The highest BCUT2D eigenvalue weighted by atomic mass is 32.1. The molecular formula is C13H25N3OS. The molecule has 0 saturated heterocycles. The van der Waals surface area contributed by atoms with Crippen LogP contribution in [-0.4, -0.2) is 38.3 Å². The first kappa shape index (κ1) is 15.4. The van der Waals surface area contributed by atoms with Crippen molar-refractivity contribution in [2.45, 2.75) is 39.8 Å². The number of thiazole rings is 1. The minimum absolute atomic E-state index is 0.354. The van der Waals surface area contributed by atoms with Crippen molar-refractivity contribution in [3.8, 4) is 0 Å². The molecule has 0 spiro atoms. The van der Waals surface area contributed by atoms with Gasteiger partial charge in [0.1, 0.15) is 0 Å². The third-order valence-electron chi connectivity index (χ3n) is 3.05. The summed E-state index contributed by atoms with van der Waals surface area (Å²) in [6.07, 6.45) is 0. The molecule has 0 bridgehead atoms. The zero-order valence-corrected chi connectivity index (χ0v) is 13.1. The van der Waals surface area contributed by atoms with Gasteiger partial charge in [-0.2, -0.15) is 0 Å². The van der Waals surface area contributed by atoms with Crippen molar-refractivity contribution in [1.82, 2.24) is 10.3 Å². The van der Waals surface area contributed by atoms with Crippen LogP contribution in [0.15, 0.2) is 0 Å². The van der Waals surface area contributed by atoms with E-state index in [0.29, 0.717) is 12.1 Å². The van der Waals surface area contributed by atoms with Crippen LogP contribution in [0, 0.1) is 6.92 Å². The maximum absolute atomic E-state index is 5.17. The summed E-state index contributed by atoms with van der Waals surface area (Å²) in [6.45, 7) is 10.2. The van der Waals surface area contributed by atoms with Gasteiger partial charge in [-0.05, 0) is 34.7 Å². The van der Waals surface area contributed by atoms with Crippen molar-refractivity contribution in [1.29, 1.82) is 0 Å². The number of aryl methyl sites for hydroxylation is 1. The number of aromatic nitrogens is 1. The molecule has 1 N–H and O–H groups in total. The molecule has 0 radical (unpaired) electrons. The lowest BCUT2D eigenvalue weighted by Gasteiger charge is -2.25. The maximum Gasteiger partial charge on any atom is 0.186 e. The monoisotopic (exact) mass is 271 g/mol. The SMILES string of the molecule is CNC(C)c1sc(N(CCOC)C(C)C)nc1C. The number of hydrogen-bond donors (Lipinski definition) is 1. The van der Waals surface area contributed by atoms with Crippen molar-refractivity contribution in [2.24, 2.45) is 0 Å². The van der Waals surface area contributed by atoms with Gasteiger partial charge in [-0.25, -0.2) is 4.98 Å². The number of nitrogens with one attached hydrogen (secondary N) is 1. The molecule has 104 valence electrons. The third kappa shape index (κ3) is 3.67. The molecule has 0 fully saturated rings. The average molecular weight is 271 g/mol. The van der Waals surface area contributed by atoms with Crippen molar-refractivity contribution >= 4 is 16.5 Å². The first-order valence-corrected chi connectivity index (χ1v) is 7.23. The first-order valence-electron chi connectivity index (χ1n) is 6.41. The van der Waals surface area contributed by atoms with Crippen LogP contribution in [0.5, 0.6) is 0 Å². The third-order valence-corrected chi connectivity index (χ3v) is 4.43. The fourth-order valence-corrected chi connectivity index (χ4v) is 3.10. The molecule has 0 amide bonds. The number of nitrogens with zero attached hydrogens (tertiary/aromatic N) is 2. The van der Waals surface area contributed by atoms with Gasteiger partial charge >= 0.3 is 0 Å². The summed E-state index contributed by atoms with van der Waals surface area (Å²) in [5.41, 5.74) is 1.12.